The number of allylic oxidation sites excluding steroid dienone is 3. The molecule has 3 aromatic rings. The van der Waals surface area contributed by atoms with Crippen molar-refractivity contribution in [2.75, 3.05) is 13.7 Å². The van der Waals surface area contributed by atoms with E-state index in [1.165, 1.54) is 5.56 Å². The van der Waals surface area contributed by atoms with Crippen LogP contribution >= 0.6 is 23.2 Å². The van der Waals surface area contributed by atoms with Gasteiger partial charge in [0.15, 0.2) is 0 Å². The number of amides is 1. The summed E-state index contributed by atoms with van der Waals surface area (Å²) >= 11 is 12.4. The molecule has 1 aliphatic carbocycles. The Morgan fingerprint density at radius 2 is 2.00 bits per heavy atom. The fourth-order valence-corrected chi connectivity index (χ4v) is 4.73. The minimum absolute atomic E-state index is 0.0692. The molecule has 0 fully saturated rings. The maximum atomic E-state index is 13.3. The molecule has 5 rings (SSSR count). The lowest BCUT2D eigenvalue weighted by Gasteiger charge is -2.35. The zero-order chi connectivity index (χ0) is 22.2. The molecule has 1 aliphatic heterocycles. The molecule has 0 spiro atoms. The predicted molar refractivity (Wildman–Crippen MR) is 127 cm³/mol. The molecule has 2 unspecified atom stereocenters. The van der Waals surface area contributed by atoms with Gasteiger partial charge in [0.1, 0.15) is 17.6 Å². The molecule has 1 amide bonds. The first kappa shape index (κ1) is 21.0. The average molecular weight is 469 g/mol. The molecule has 0 saturated carbocycles. The van der Waals surface area contributed by atoms with E-state index in [0.29, 0.717) is 30.2 Å². The highest BCUT2D eigenvalue weighted by Crippen LogP contribution is 2.40. The fraction of sp³-hybridized carbons (Fsp3) is 0.240. The van der Waals surface area contributed by atoms with Gasteiger partial charge in [-0.2, -0.15) is 0 Å². The van der Waals surface area contributed by atoms with Crippen LogP contribution in [0.25, 0.3) is 10.9 Å². The topological polar surface area (TPSA) is 54.6 Å². The smallest absolute Gasteiger partial charge is 0.416 e. The van der Waals surface area contributed by atoms with Gasteiger partial charge in [-0.15, -0.1) is 11.6 Å². The van der Waals surface area contributed by atoms with Gasteiger partial charge >= 0.3 is 6.09 Å². The minimum Gasteiger partial charge on any atom is -0.497 e. The van der Waals surface area contributed by atoms with E-state index < -0.39 is 6.09 Å². The van der Waals surface area contributed by atoms with Gasteiger partial charge < -0.3 is 14.5 Å². The number of alkyl halides is 1. The highest BCUT2D eigenvalue weighted by atomic mass is 35.5. The molecule has 7 heteroatoms. The molecule has 0 radical (unpaired) electrons. The summed E-state index contributed by atoms with van der Waals surface area (Å²) in [5.74, 6) is 1.28. The van der Waals surface area contributed by atoms with Crippen molar-refractivity contribution in [3.8, 4) is 5.75 Å². The second kappa shape index (κ2) is 8.57. The van der Waals surface area contributed by atoms with Crippen molar-refractivity contribution >= 4 is 40.2 Å². The summed E-state index contributed by atoms with van der Waals surface area (Å²) in [5, 5.41) is 1.71. The molecule has 2 heterocycles. The highest BCUT2D eigenvalue weighted by Gasteiger charge is 2.36. The number of ether oxygens (including phenoxy) is 2. The van der Waals surface area contributed by atoms with E-state index in [9.17, 15) is 4.79 Å². The molecular weight excluding hydrogens is 447 g/mol. The summed E-state index contributed by atoms with van der Waals surface area (Å²) in [7, 11) is 1.63. The fourth-order valence-electron chi connectivity index (χ4n) is 4.40. The Kier molecular flexibility index (Phi) is 5.62. The number of benzene rings is 2. The van der Waals surface area contributed by atoms with Crippen LogP contribution in [0.2, 0.25) is 5.02 Å². The van der Waals surface area contributed by atoms with Gasteiger partial charge in [0.2, 0.25) is 0 Å². The maximum absolute atomic E-state index is 13.3. The molecule has 2 atom stereocenters. The van der Waals surface area contributed by atoms with Gasteiger partial charge in [-0.25, -0.2) is 4.79 Å². The summed E-state index contributed by atoms with van der Waals surface area (Å²) in [5.41, 5.74) is 4.12. The Hall–Kier alpha value is -2.89. The van der Waals surface area contributed by atoms with Crippen molar-refractivity contribution in [2.45, 2.75) is 24.3 Å². The third-order valence-corrected chi connectivity index (χ3v) is 6.53. The van der Waals surface area contributed by atoms with Gasteiger partial charge in [-0.3, -0.25) is 4.90 Å². The third-order valence-electron chi connectivity index (χ3n) is 5.97. The lowest BCUT2D eigenvalue weighted by molar-refractivity contribution is 0.115. The van der Waals surface area contributed by atoms with Crippen LogP contribution in [0.5, 0.6) is 5.75 Å². The Morgan fingerprint density at radius 3 is 2.72 bits per heavy atom. The Balaban J connectivity index is 1.55. The van der Waals surface area contributed by atoms with Crippen LogP contribution in [0.15, 0.2) is 66.5 Å². The van der Waals surface area contributed by atoms with E-state index in [4.69, 9.17) is 32.7 Å². The number of nitrogens with zero attached hydrogens (tertiary/aromatic N) is 1. The molecule has 2 aromatic carbocycles. The summed E-state index contributed by atoms with van der Waals surface area (Å²) in [4.78, 5) is 18.6. The van der Waals surface area contributed by atoms with Gasteiger partial charge in [-0.1, -0.05) is 29.8 Å². The number of hydrogen-bond donors (Lipinski definition) is 1. The number of aromatic amines is 1. The number of carbonyl (C=O) groups is 1. The quantitative estimate of drug-likeness (QED) is 0.454. The second-order valence-corrected chi connectivity index (χ2v) is 8.91. The van der Waals surface area contributed by atoms with Crippen molar-refractivity contribution < 1.29 is 14.3 Å². The van der Waals surface area contributed by atoms with Crippen molar-refractivity contribution in [3.63, 3.8) is 0 Å². The molecule has 0 saturated heterocycles. The van der Waals surface area contributed by atoms with Crippen molar-refractivity contribution in [2.24, 2.45) is 0 Å². The first-order valence-electron chi connectivity index (χ1n) is 10.5. The normalized spacial score (nSPS) is 20.1. The Bertz CT molecular complexity index is 1230. The van der Waals surface area contributed by atoms with Crippen LogP contribution < -0.4 is 4.74 Å². The number of rotatable bonds is 3. The predicted octanol–water partition coefficient (Wildman–Crippen LogP) is 6.37. The number of hydrogen-bond acceptors (Lipinski definition) is 3. The van der Waals surface area contributed by atoms with Crippen LogP contribution in [0.1, 0.15) is 29.3 Å². The molecule has 0 bridgehead atoms. The number of fused-ring (bicyclic) bond motifs is 3. The summed E-state index contributed by atoms with van der Waals surface area (Å²) in [6.07, 6.45) is 6.38. The molecule has 32 heavy (non-hydrogen) atoms. The first-order valence-corrected chi connectivity index (χ1v) is 11.3. The van der Waals surface area contributed by atoms with E-state index in [0.717, 1.165) is 27.9 Å². The molecular formula is C25H22Cl2N2O3. The summed E-state index contributed by atoms with van der Waals surface area (Å²) in [6, 6.07) is 13.3. The first-order chi connectivity index (χ1) is 15.5. The number of H-pyrrole nitrogens is 1. The number of halogens is 2. The van der Waals surface area contributed by atoms with Gasteiger partial charge in [0, 0.05) is 28.2 Å². The van der Waals surface area contributed by atoms with E-state index in [2.05, 4.69) is 4.98 Å². The van der Waals surface area contributed by atoms with Crippen LogP contribution in [-0.4, -0.2) is 35.0 Å². The van der Waals surface area contributed by atoms with Crippen LogP contribution in [0.3, 0.4) is 0 Å². The minimum atomic E-state index is -0.392. The summed E-state index contributed by atoms with van der Waals surface area (Å²) < 4.78 is 11.0. The highest BCUT2D eigenvalue weighted by molar-refractivity contribution is 6.31. The monoisotopic (exact) mass is 468 g/mol. The van der Waals surface area contributed by atoms with Gasteiger partial charge in [0.05, 0.1) is 12.5 Å². The zero-order valence-corrected chi connectivity index (χ0v) is 19.0. The Labute approximate surface area is 196 Å². The number of nitrogens with one attached hydrogen (secondary N) is 1. The molecule has 1 aromatic heterocycles. The van der Waals surface area contributed by atoms with Crippen LogP contribution in [0, 0.1) is 0 Å². The largest absolute Gasteiger partial charge is 0.497 e. The van der Waals surface area contributed by atoms with E-state index in [1.807, 2.05) is 54.6 Å². The lowest BCUT2D eigenvalue weighted by Crippen LogP contribution is -2.40. The average Bonchev–Trinajstić information content (AvgIpc) is 3.18. The molecule has 5 nitrogen and oxygen atoms in total. The van der Waals surface area contributed by atoms with Crippen molar-refractivity contribution in [3.05, 3.63) is 88.3 Å². The lowest BCUT2D eigenvalue weighted by atomic mass is 9.92. The van der Waals surface area contributed by atoms with Gasteiger partial charge in [-0.05, 0) is 66.5 Å². The van der Waals surface area contributed by atoms with E-state index >= 15 is 0 Å². The SMILES string of the molecule is COc1ccc(C2c3[nH]c4ccc(Cl)cc4c3CCN2C(=O)OC2=CCC(Cl)C=C2)cc1. The van der Waals surface area contributed by atoms with Crippen molar-refractivity contribution in [1.29, 1.82) is 0 Å². The zero-order valence-electron chi connectivity index (χ0n) is 17.5. The third kappa shape index (κ3) is 3.87. The number of aromatic nitrogens is 1. The van der Waals surface area contributed by atoms with Crippen LogP contribution in [0.4, 0.5) is 4.79 Å². The number of carbonyl (C=O) groups excluding carboxylic acids is 1. The van der Waals surface area contributed by atoms with Crippen LogP contribution in [-0.2, 0) is 11.2 Å². The standard InChI is InChI=1S/C25H22Cl2N2O3/c1-31-18-7-2-15(3-8-18)24-23-20(21-14-17(27)6-11-22(21)28-23)12-13-29(24)25(30)32-19-9-4-16(26)5-10-19/h2-4,6-11,14,16,24,28H,5,12-13H2,1H3. The molecule has 1 N–H and O–H groups in total. The number of methoxy groups -OCH3 is 1. The maximum Gasteiger partial charge on any atom is 0.416 e. The Morgan fingerprint density at radius 1 is 1.19 bits per heavy atom. The molecule has 164 valence electrons. The van der Waals surface area contributed by atoms with Gasteiger partial charge in [0.25, 0.3) is 0 Å². The van der Waals surface area contributed by atoms with E-state index in [-0.39, 0.29) is 11.4 Å². The second-order valence-electron chi connectivity index (χ2n) is 7.91. The van der Waals surface area contributed by atoms with E-state index in [1.54, 1.807) is 18.1 Å². The summed E-state index contributed by atoms with van der Waals surface area (Å²) in [6.45, 7) is 0.525. The molecule has 2 aliphatic rings. The van der Waals surface area contributed by atoms with Crippen molar-refractivity contribution in [1.82, 2.24) is 9.88 Å².